The molecule has 122 valence electrons. The maximum absolute atomic E-state index is 5.93. The van der Waals surface area contributed by atoms with Crippen LogP contribution < -0.4 is 10.1 Å². The Morgan fingerprint density at radius 2 is 2.04 bits per heavy atom. The van der Waals surface area contributed by atoms with Gasteiger partial charge in [-0.3, -0.25) is 0 Å². The molecule has 0 fully saturated rings. The van der Waals surface area contributed by atoms with Gasteiger partial charge in [0.1, 0.15) is 24.0 Å². The number of anilines is 1. The normalized spacial score (nSPS) is 14.5. The van der Waals surface area contributed by atoms with E-state index in [2.05, 4.69) is 47.3 Å². The van der Waals surface area contributed by atoms with E-state index in [0.717, 1.165) is 41.6 Å². The average molecular weight is 312 g/mol. The fraction of sp³-hybridized carbons (Fsp3) is 0.444. The van der Waals surface area contributed by atoms with Crippen LogP contribution in [0.25, 0.3) is 0 Å². The van der Waals surface area contributed by atoms with E-state index in [1.807, 2.05) is 25.1 Å². The molecule has 2 aromatic rings. The van der Waals surface area contributed by atoms with Crippen LogP contribution in [0.15, 0.2) is 24.3 Å². The van der Waals surface area contributed by atoms with Crippen molar-refractivity contribution < 1.29 is 4.74 Å². The van der Waals surface area contributed by atoms with Gasteiger partial charge in [0.05, 0.1) is 5.69 Å². The number of hydrogen-bond donors (Lipinski definition) is 1. The molecule has 3 rings (SSSR count). The number of nitrogens with zero attached hydrogens (tertiary/aromatic N) is 3. The smallest absolute Gasteiger partial charge is 0.133 e. The topological polar surface area (TPSA) is 50.3 Å². The summed E-state index contributed by atoms with van der Waals surface area (Å²) >= 11 is 0. The van der Waals surface area contributed by atoms with Crippen LogP contribution in [0.4, 0.5) is 5.82 Å². The molecule has 0 radical (unpaired) electrons. The maximum atomic E-state index is 5.93. The molecule has 0 aliphatic carbocycles. The summed E-state index contributed by atoms with van der Waals surface area (Å²) < 4.78 is 5.93. The van der Waals surface area contributed by atoms with Gasteiger partial charge in [0, 0.05) is 24.6 Å². The van der Waals surface area contributed by atoms with Crippen molar-refractivity contribution in [1.82, 2.24) is 14.9 Å². The van der Waals surface area contributed by atoms with Crippen LogP contribution in [-0.2, 0) is 13.0 Å². The van der Waals surface area contributed by atoms with Gasteiger partial charge < -0.3 is 15.0 Å². The molecule has 0 unspecified atom stereocenters. The van der Waals surface area contributed by atoms with E-state index >= 15 is 0 Å². The fourth-order valence-corrected chi connectivity index (χ4v) is 3.03. The predicted molar refractivity (Wildman–Crippen MR) is 92.0 cm³/mol. The van der Waals surface area contributed by atoms with Crippen LogP contribution >= 0.6 is 0 Å². The summed E-state index contributed by atoms with van der Waals surface area (Å²) in [5.41, 5.74) is 3.31. The third-order valence-corrected chi connectivity index (χ3v) is 3.93. The maximum Gasteiger partial charge on any atom is 0.133 e. The minimum Gasteiger partial charge on any atom is -0.487 e. The lowest BCUT2D eigenvalue weighted by molar-refractivity contribution is 0.302. The summed E-state index contributed by atoms with van der Waals surface area (Å²) in [6.07, 6.45) is 0.794. The summed E-state index contributed by atoms with van der Waals surface area (Å²) in [6, 6.07) is 8.48. The minimum atomic E-state index is 0.308. The highest BCUT2D eigenvalue weighted by Crippen LogP contribution is 2.30. The van der Waals surface area contributed by atoms with E-state index in [9.17, 15) is 0 Å². The molecule has 1 atom stereocenters. The first kappa shape index (κ1) is 15.7. The van der Waals surface area contributed by atoms with Gasteiger partial charge in [-0.05, 0) is 39.6 Å². The highest BCUT2D eigenvalue weighted by atomic mass is 16.5. The Kier molecular flexibility index (Phi) is 4.48. The molecule has 2 heterocycles. The quantitative estimate of drug-likeness (QED) is 0.940. The average Bonchev–Trinajstić information content (AvgIpc) is 2.66. The van der Waals surface area contributed by atoms with Gasteiger partial charge in [0.25, 0.3) is 0 Å². The number of aryl methyl sites for hydroxylation is 1. The summed E-state index contributed by atoms with van der Waals surface area (Å²) in [5.74, 6) is 2.65. The second-order valence-electron chi connectivity index (χ2n) is 6.43. The van der Waals surface area contributed by atoms with Crippen LogP contribution in [-0.4, -0.2) is 41.5 Å². The number of fused-ring (bicyclic) bond motifs is 2. The third-order valence-electron chi connectivity index (χ3n) is 3.93. The summed E-state index contributed by atoms with van der Waals surface area (Å²) in [5, 5.41) is 3.55. The lowest BCUT2D eigenvalue weighted by Gasteiger charge is -2.21. The Bertz CT molecular complexity index is 699. The molecule has 1 aromatic carbocycles. The number of aromatic nitrogens is 2. The Morgan fingerprint density at radius 3 is 2.83 bits per heavy atom. The van der Waals surface area contributed by atoms with Gasteiger partial charge in [-0.1, -0.05) is 18.2 Å². The van der Waals surface area contributed by atoms with Crippen molar-refractivity contribution in [3.05, 3.63) is 46.9 Å². The second-order valence-corrected chi connectivity index (χ2v) is 6.43. The van der Waals surface area contributed by atoms with Crippen molar-refractivity contribution in [1.29, 1.82) is 0 Å². The van der Waals surface area contributed by atoms with Crippen molar-refractivity contribution in [3.63, 3.8) is 0 Å². The van der Waals surface area contributed by atoms with Crippen LogP contribution in [0.5, 0.6) is 5.75 Å². The predicted octanol–water partition coefficient (Wildman–Crippen LogP) is 2.63. The Morgan fingerprint density at radius 1 is 1.26 bits per heavy atom. The number of para-hydroxylation sites is 1. The summed E-state index contributed by atoms with van der Waals surface area (Å²) in [4.78, 5) is 11.4. The lowest BCUT2D eigenvalue weighted by Crippen LogP contribution is -2.30. The monoisotopic (exact) mass is 312 g/mol. The van der Waals surface area contributed by atoms with E-state index in [1.54, 1.807) is 0 Å². The van der Waals surface area contributed by atoms with Gasteiger partial charge in [-0.15, -0.1) is 0 Å². The van der Waals surface area contributed by atoms with Crippen LogP contribution in [0.2, 0.25) is 0 Å². The highest BCUT2D eigenvalue weighted by Gasteiger charge is 2.20. The van der Waals surface area contributed by atoms with Gasteiger partial charge in [-0.2, -0.15) is 0 Å². The number of benzene rings is 1. The van der Waals surface area contributed by atoms with Gasteiger partial charge in [0.15, 0.2) is 0 Å². The molecule has 1 aliphatic rings. The molecule has 1 aliphatic heterocycles. The minimum absolute atomic E-state index is 0.308. The largest absolute Gasteiger partial charge is 0.487 e. The zero-order chi connectivity index (χ0) is 16.4. The molecular formula is C18H24N4O. The summed E-state index contributed by atoms with van der Waals surface area (Å²) in [6.45, 7) is 5.54. The Labute approximate surface area is 137 Å². The number of rotatable bonds is 4. The Balaban J connectivity index is 1.95. The molecule has 5 heteroatoms. The van der Waals surface area contributed by atoms with Gasteiger partial charge in [-0.25, -0.2) is 9.97 Å². The first-order chi connectivity index (χ1) is 11.0. The molecule has 0 spiro atoms. The number of ether oxygens (including phenoxy) is 1. The highest BCUT2D eigenvalue weighted by molar-refractivity contribution is 5.52. The van der Waals surface area contributed by atoms with Gasteiger partial charge >= 0.3 is 0 Å². The van der Waals surface area contributed by atoms with E-state index in [1.165, 1.54) is 5.56 Å². The van der Waals surface area contributed by atoms with Crippen molar-refractivity contribution in [3.8, 4) is 5.75 Å². The number of hydrogen-bond acceptors (Lipinski definition) is 5. The standard InChI is InChI=1S/C18H24N4O/c1-12(10-22(3)4)19-18-15-9-14-7-5-6-8-17(14)23-11-16(15)20-13(2)21-18/h5-8,12H,9-11H2,1-4H3,(H,19,20,21)/t12-/m1/s1. The zero-order valence-electron chi connectivity index (χ0n) is 14.3. The van der Waals surface area contributed by atoms with Crippen molar-refractivity contribution in [2.24, 2.45) is 0 Å². The fourth-order valence-electron chi connectivity index (χ4n) is 3.03. The molecule has 23 heavy (non-hydrogen) atoms. The SMILES string of the molecule is Cc1nc2c(c(N[C@H](C)CN(C)C)n1)Cc1ccccc1OC2. The van der Waals surface area contributed by atoms with Crippen LogP contribution in [0.1, 0.15) is 29.6 Å². The molecule has 5 nitrogen and oxygen atoms in total. The Hall–Kier alpha value is -2.14. The molecule has 0 bridgehead atoms. The van der Waals surface area contributed by atoms with E-state index < -0.39 is 0 Å². The molecular weight excluding hydrogens is 288 g/mol. The summed E-state index contributed by atoms with van der Waals surface area (Å²) in [7, 11) is 4.15. The van der Waals surface area contributed by atoms with Crippen LogP contribution in [0.3, 0.4) is 0 Å². The molecule has 0 saturated heterocycles. The van der Waals surface area contributed by atoms with E-state index in [-0.39, 0.29) is 0 Å². The van der Waals surface area contributed by atoms with Crippen LogP contribution in [0, 0.1) is 6.92 Å². The zero-order valence-corrected chi connectivity index (χ0v) is 14.3. The lowest BCUT2D eigenvalue weighted by atomic mass is 10.0. The molecule has 1 aromatic heterocycles. The third kappa shape index (κ3) is 3.62. The second kappa shape index (κ2) is 6.54. The molecule has 0 saturated carbocycles. The first-order valence-electron chi connectivity index (χ1n) is 8.01. The number of nitrogens with one attached hydrogen (secondary N) is 1. The van der Waals surface area contributed by atoms with Gasteiger partial charge in [0.2, 0.25) is 0 Å². The van der Waals surface area contributed by atoms with E-state index in [4.69, 9.17) is 4.74 Å². The van der Waals surface area contributed by atoms with E-state index in [0.29, 0.717) is 12.6 Å². The van der Waals surface area contributed by atoms with Crippen molar-refractivity contribution in [2.45, 2.75) is 32.9 Å². The van der Waals surface area contributed by atoms with Crippen molar-refractivity contribution >= 4 is 5.82 Å². The number of likely N-dealkylation sites (N-methyl/N-ethyl adjacent to an activating group) is 1. The van der Waals surface area contributed by atoms with Crippen molar-refractivity contribution in [2.75, 3.05) is 26.0 Å². The first-order valence-corrected chi connectivity index (χ1v) is 8.01. The molecule has 0 amide bonds. The molecule has 1 N–H and O–H groups in total.